The van der Waals surface area contributed by atoms with Crippen molar-refractivity contribution in [2.75, 3.05) is 33.5 Å². The van der Waals surface area contributed by atoms with Gasteiger partial charge < -0.3 is 19.9 Å². The smallest absolute Gasteiger partial charge is 0.270 e. The van der Waals surface area contributed by atoms with Crippen molar-refractivity contribution in [3.8, 4) is 5.75 Å². The number of hydrogen-bond acceptors (Lipinski definition) is 6. The topological polar surface area (TPSA) is 93.9 Å². The standard InChI is InChI=1S/C14H22N2O5/c1-20-9-6-15-11-12-10-13(16(18)19)4-5-14(12)21-8-3-2-7-17/h4-5,10,15,17H,2-3,6-9,11H2,1H3. The van der Waals surface area contributed by atoms with Crippen LogP contribution in [0.25, 0.3) is 0 Å². The van der Waals surface area contributed by atoms with Gasteiger partial charge in [-0.1, -0.05) is 0 Å². The number of aliphatic hydroxyl groups is 1. The van der Waals surface area contributed by atoms with Gasteiger partial charge in [-0.05, 0) is 18.9 Å². The fourth-order valence-electron chi connectivity index (χ4n) is 1.75. The van der Waals surface area contributed by atoms with Gasteiger partial charge in [0, 0.05) is 44.5 Å². The van der Waals surface area contributed by atoms with Gasteiger partial charge in [-0.3, -0.25) is 10.1 Å². The first-order valence-electron chi connectivity index (χ1n) is 6.89. The molecule has 0 heterocycles. The second-order valence-corrected chi connectivity index (χ2v) is 4.50. The van der Waals surface area contributed by atoms with Crippen LogP contribution < -0.4 is 10.1 Å². The molecular weight excluding hydrogens is 276 g/mol. The van der Waals surface area contributed by atoms with Crippen LogP contribution in [0.4, 0.5) is 5.69 Å². The molecule has 118 valence electrons. The highest BCUT2D eigenvalue weighted by Crippen LogP contribution is 2.24. The summed E-state index contributed by atoms with van der Waals surface area (Å²) in [5.41, 5.74) is 0.783. The third-order valence-electron chi connectivity index (χ3n) is 2.86. The van der Waals surface area contributed by atoms with E-state index in [0.29, 0.717) is 38.5 Å². The molecule has 0 saturated carbocycles. The predicted molar refractivity (Wildman–Crippen MR) is 78.5 cm³/mol. The molecule has 0 bridgehead atoms. The molecule has 0 aromatic heterocycles. The van der Waals surface area contributed by atoms with Crippen LogP contribution in [-0.4, -0.2) is 43.5 Å². The maximum absolute atomic E-state index is 10.8. The van der Waals surface area contributed by atoms with Crippen molar-refractivity contribution >= 4 is 5.69 Å². The van der Waals surface area contributed by atoms with E-state index in [4.69, 9.17) is 14.6 Å². The molecule has 1 aromatic carbocycles. The Morgan fingerprint density at radius 2 is 2.14 bits per heavy atom. The number of non-ortho nitro benzene ring substituents is 1. The van der Waals surface area contributed by atoms with Crippen molar-refractivity contribution in [1.29, 1.82) is 0 Å². The van der Waals surface area contributed by atoms with Gasteiger partial charge in [0.1, 0.15) is 5.75 Å². The summed E-state index contributed by atoms with van der Waals surface area (Å²) < 4.78 is 10.6. The van der Waals surface area contributed by atoms with Gasteiger partial charge in [-0.25, -0.2) is 0 Å². The second-order valence-electron chi connectivity index (χ2n) is 4.50. The monoisotopic (exact) mass is 298 g/mol. The van der Waals surface area contributed by atoms with Crippen LogP contribution in [0.3, 0.4) is 0 Å². The molecule has 0 aliphatic heterocycles. The molecule has 0 fully saturated rings. The summed E-state index contributed by atoms with van der Waals surface area (Å²) in [5.74, 6) is 0.628. The largest absolute Gasteiger partial charge is 0.493 e. The number of rotatable bonds is 11. The van der Waals surface area contributed by atoms with E-state index < -0.39 is 4.92 Å². The minimum absolute atomic E-state index is 0.0428. The van der Waals surface area contributed by atoms with E-state index in [0.717, 1.165) is 12.0 Å². The van der Waals surface area contributed by atoms with Crippen molar-refractivity contribution in [1.82, 2.24) is 5.32 Å². The molecule has 1 rings (SSSR count). The van der Waals surface area contributed by atoms with E-state index in [1.807, 2.05) is 0 Å². The lowest BCUT2D eigenvalue weighted by Gasteiger charge is -2.12. The molecule has 1 aromatic rings. The number of nitrogens with zero attached hydrogens (tertiary/aromatic N) is 1. The van der Waals surface area contributed by atoms with Crippen molar-refractivity contribution < 1.29 is 19.5 Å². The Morgan fingerprint density at radius 1 is 1.33 bits per heavy atom. The Labute approximate surface area is 124 Å². The van der Waals surface area contributed by atoms with Crippen LogP contribution in [0.2, 0.25) is 0 Å². The van der Waals surface area contributed by atoms with Gasteiger partial charge in [0.05, 0.1) is 18.1 Å². The van der Waals surface area contributed by atoms with E-state index in [1.165, 1.54) is 12.1 Å². The highest BCUT2D eigenvalue weighted by Gasteiger charge is 2.11. The molecule has 0 spiro atoms. The molecule has 0 radical (unpaired) electrons. The summed E-state index contributed by atoms with van der Waals surface area (Å²) in [4.78, 5) is 10.4. The Bertz CT molecular complexity index is 439. The van der Waals surface area contributed by atoms with Crippen LogP contribution in [0.5, 0.6) is 5.75 Å². The first kappa shape index (κ1) is 17.4. The molecule has 0 aliphatic rings. The number of ether oxygens (including phenoxy) is 2. The van der Waals surface area contributed by atoms with E-state index in [1.54, 1.807) is 13.2 Å². The summed E-state index contributed by atoms with van der Waals surface area (Å²) in [6.45, 7) is 2.31. The summed E-state index contributed by atoms with van der Waals surface area (Å²) >= 11 is 0. The molecule has 21 heavy (non-hydrogen) atoms. The van der Waals surface area contributed by atoms with E-state index in [2.05, 4.69) is 5.32 Å². The van der Waals surface area contributed by atoms with Crippen LogP contribution in [0.15, 0.2) is 18.2 Å². The number of aliphatic hydroxyl groups excluding tert-OH is 1. The van der Waals surface area contributed by atoms with Crippen LogP contribution in [-0.2, 0) is 11.3 Å². The summed E-state index contributed by atoms with van der Waals surface area (Å²) in [7, 11) is 1.62. The third-order valence-corrected chi connectivity index (χ3v) is 2.86. The average Bonchev–Trinajstić information content (AvgIpc) is 2.48. The van der Waals surface area contributed by atoms with Crippen LogP contribution in [0.1, 0.15) is 18.4 Å². The Kier molecular flexibility index (Phi) is 8.34. The summed E-state index contributed by atoms with van der Waals surface area (Å²) in [5, 5.41) is 22.7. The number of hydrogen-bond donors (Lipinski definition) is 2. The Hall–Kier alpha value is -1.70. The quantitative estimate of drug-likeness (QED) is 0.365. The normalized spacial score (nSPS) is 10.6. The average molecular weight is 298 g/mol. The van der Waals surface area contributed by atoms with Crippen molar-refractivity contribution in [2.24, 2.45) is 0 Å². The molecule has 0 amide bonds. The minimum atomic E-state index is -0.422. The zero-order chi connectivity index (χ0) is 15.5. The SMILES string of the molecule is COCCNCc1cc([N+](=O)[O-])ccc1OCCCCO. The van der Waals surface area contributed by atoms with Crippen LogP contribution in [0, 0.1) is 10.1 Å². The number of nitro groups is 1. The predicted octanol–water partition coefficient (Wildman–Crippen LogP) is 1.48. The van der Waals surface area contributed by atoms with Crippen molar-refractivity contribution in [3.63, 3.8) is 0 Å². The van der Waals surface area contributed by atoms with E-state index in [-0.39, 0.29) is 12.3 Å². The number of nitrogens with one attached hydrogen (secondary N) is 1. The van der Waals surface area contributed by atoms with Gasteiger partial charge in [-0.2, -0.15) is 0 Å². The molecule has 7 nitrogen and oxygen atoms in total. The van der Waals surface area contributed by atoms with Gasteiger partial charge >= 0.3 is 0 Å². The fraction of sp³-hybridized carbons (Fsp3) is 0.571. The number of methoxy groups -OCH3 is 1. The highest BCUT2D eigenvalue weighted by molar-refractivity contribution is 5.43. The molecule has 7 heteroatoms. The van der Waals surface area contributed by atoms with Gasteiger partial charge in [-0.15, -0.1) is 0 Å². The van der Waals surface area contributed by atoms with E-state index in [9.17, 15) is 10.1 Å². The number of benzene rings is 1. The lowest BCUT2D eigenvalue weighted by molar-refractivity contribution is -0.384. The molecule has 0 saturated heterocycles. The number of unbranched alkanes of at least 4 members (excludes halogenated alkanes) is 1. The first-order valence-corrected chi connectivity index (χ1v) is 6.89. The third kappa shape index (κ3) is 6.52. The zero-order valence-electron chi connectivity index (χ0n) is 12.2. The number of nitro benzene ring substituents is 1. The van der Waals surface area contributed by atoms with E-state index >= 15 is 0 Å². The summed E-state index contributed by atoms with van der Waals surface area (Å²) in [6.07, 6.45) is 1.42. The van der Waals surface area contributed by atoms with Crippen molar-refractivity contribution in [2.45, 2.75) is 19.4 Å². The molecule has 2 N–H and O–H groups in total. The van der Waals surface area contributed by atoms with Crippen molar-refractivity contribution in [3.05, 3.63) is 33.9 Å². The lowest BCUT2D eigenvalue weighted by atomic mass is 10.1. The second kappa shape index (κ2) is 10.1. The minimum Gasteiger partial charge on any atom is -0.493 e. The zero-order valence-corrected chi connectivity index (χ0v) is 12.2. The summed E-state index contributed by atoms with van der Waals surface area (Å²) in [6, 6.07) is 4.56. The molecule has 0 atom stereocenters. The highest BCUT2D eigenvalue weighted by atomic mass is 16.6. The van der Waals surface area contributed by atoms with Crippen LogP contribution >= 0.6 is 0 Å². The maximum Gasteiger partial charge on any atom is 0.270 e. The van der Waals surface area contributed by atoms with Gasteiger partial charge in [0.25, 0.3) is 5.69 Å². The molecule has 0 aliphatic carbocycles. The fourth-order valence-corrected chi connectivity index (χ4v) is 1.75. The molecular formula is C14H22N2O5. The molecule has 0 unspecified atom stereocenters. The van der Waals surface area contributed by atoms with Gasteiger partial charge in [0.2, 0.25) is 0 Å². The maximum atomic E-state index is 10.8. The Balaban J connectivity index is 2.67. The van der Waals surface area contributed by atoms with Gasteiger partial charge in [0.15, 0.2) is 0 Å². The Morgan fingerprint density at radius 3 is 2.81 bits per heavy atom. The lowest BCUT2D eigenvalue weighted by Crippen LogP contribution is -2.19. The first-order chi connectivity index (χ1) is 10.2.